The summed E-state index contributed by atoms with van der Waals surface area (Å²) in [4.78, 5) is 4.26. The molecule has 0 atom stereocenters. The molecule has 0 aliphatic carbocycles. The third-order valence-electron chi connectivity index (χ3n) is 3.17. The molecule has 1 aromatic heterocycles. The first-order valence-electron chi connectivity index (χ1n) is 6.48. The number of pyridine rings is 1. The van der Waals surface area contributed by atoms with Crippen molar-refractivity contribution in [3.63, 3.8) is 0 Å². The number of hydrogen-bond acceptors (Lipinski definition) is 3. The maximum absolute atomic E-state index is 5.99. The molecule has 0 radical (unpaired) electrons. The zero-order valence-electron chi connectivity index (χ0n) is 12.2. The Kier molecular flexibility index (Phi) is 4.04. The van der Waals surface area contributed by atoms with Crippen molar-refractivity contribution in [3.05, 3.63) is 46.1 Å². The van der Waals surface area contributed by atoms with E-state index in [1.165, 1.54) is 0 Å². The van der Waals surface area contributed by atoms with Crippen molar-refractivity contribution >= 4 is 21.6 Å². The van der Waals surface area contributed by atoms with E-state index in [2.05, 4.69) is 47.8 Å². The highest BCUT2D eigenvalue weighted by Crippen LogP contribution is 2.37. The fourth-order valence-electron chi connectivity index (χ4n) is 1.92. The molecule has 2 rings (SSSR count). The summed E-state index contributed by atoms with van der Waals surface area (Å²) < 4.78 is 6.78. The molecule has 3 nitrogen and oxygen atoms in total. The molecule has 1 heterocycles. The summed E-state index contributed by atoms with van der Waals surface area (Å²) in [5.74, 6) is 1.35. The van der Waals surface area contributed by atoms with E-state index in [-0.39, 0.29) is 5.41 Å². The summed E-state index contributed by atoms with van der Waals surface area (Å²) in [6.07, 6.45) is 1.62. The van der Waals surface area contributed by atoms with Gasteiger partial charge in [-0.2, -0.15) is 0 Å². The summed E-state index contributed by atoms with van der Waals surface area (Å²) in [6.45, 7) is 8.41. The highest BCUT2D eigenvalue weighted by atomic mass is 79.9. The van der Waals surface area contributed by atoms with Crippen molar-refractivity contribution in [2.24, 2.45) is 0 Å². The van der Waals surface area contributed by atoms with Gasteiger partial charge in [-0.15, -0.1) is 0 Å². The average Bonchev–Trinajstić information content (AvgIpc) is 2.39. The standard InChI is InChI=1S/C16H19BrN2O/c1-10-12(18)9-19-15(14(10)17)20-13-8-6-5-7-11(13)16(2,3)4/h5-9H,18H2,1-4H3. The molecule has 2 aromatic rings. The minimum atomic E-state index is 0.00588. The van der Waals surface area contributed by atoms with Crippen LogP contribution in [0.5, 0.6) is 11.6 Å². The zero-order chi connectivity index (χ0) is 14.9. The van der Waals surface area contributed by atoms with E-state index in [0.29, 0.717) is 11.6 Å². The molecule has 0 amide bonds. The summed E-state index contributed by atoms with van der Waals surface area (Å²) in [6, 6.07) is 8.01. The zero-order valence-corrected chi connectivity index (χ0v) is 13.8. The fraction of sp³-hybridized carbons (Fsp3) is 0.312. The predicted octanol–water partition coefficient (Wildman–Crippen LogP) is 4.82. The Bertz CT molecular complexity index is 633. The number of para-hydroxylation sites is 1. The smallest absolute Gasteiger partial charge is 0.234 e. The first-order chi connectivity index (χ1) is 9.30. The second kappa shape index (κ2) is 5.44. The van der Waals surface area contributed by atoms with Crippen LogP contribution < -0.4 is 10.5 Å². The lowest BCUT2D eigenvalue weighted by Crippen LogP contribution is -2.12. The molecule has 0 saturated heterocycles. The molecule has 106 valence electrons. The average molecular weight is 335 g/mol. The van der Waals surface area contributed by atoms with Crippen molar-refractivity contribution in [3.8, 4) is 11.6 Å². The number of ether oxygens (including phenoxy) is 1. The lowest BCUT2D eigenvalue weighted by molar-refractivity contribution is 0.437. The predicted molar refractivity (Wildman–Crippen MR) is 86.3 cm³/mol. The van der Waals surface area contributed by atoms with Gasteiger partial charge >= 0.3 is 0 Å². The van der Waals surface area contributed by atoms with Crippen molar-refractivity contribution < 1.29 is 4.74 Å². The van der Waals surface area contributed by atoms with Gasteiger partial charge in [-0.05, 0) is 39.9 Å². The van der Waals surface area contributed by atoms with Crippen molar-refractivity contribution in [1.29, 1.82) is 0 Å². The van der Waals surface area contributed by atoms with E-state index in [0.717, 1.165) is 21.3 Å². The fourth-order valence-corrected chi connectivity index (χ4v) is 2.33. The molecule has 0 unspecified atom stereocenters. The van der Waals surface area contributed by atoms with Crippen LogP contribution >= 0.6 is 15.9 Å². The molecule has 0 bridgehead atoms. The lowest BCUT2D eigenvalue weighted by atomic mass is 9.86. The van der Waals surface area contributed by atoms with Crippen LogP contribution in [-0.2, 0) is 5.41 Å². The van der Waals surface area contributed by atoms with Gasteiger partial charge in [0.2, 0.25) is 5.88 Å². The van der Waals surface area contributed by atoms with Gasteiger partial charge in [-0.3, -0.25) is 0 Å². The van der Waals surface area contributed by atoms with E-state index in [1.54, 1.807) is 6.20 Å². The summed E-state index contributed by atoms with van der Waals surface area (Å²) in [5.41, 5.74) is 8.56. The SMILES string of the molecule is Cc1c(N)cnc(Oc2ccccc2C(C)(C)C)c1Br. The van der Waals surface area contributed by atoms with Crippen LogP contribution in [0.4, 0.5) is 5.69 Å². The minimum absolute atomic E-state index is 0.00588. The molecule has 0 aliphatic rings. The second-order valence-corrected chi connectivity index (χ2v) is 6.60. The van der Waals surface area contributed by atoms with E-state index >= 15 is 0 Å². The third-order valence-corrected chi connectivity index (χ3v) is 4.11. The number of anilines is 1. The van der Waals surface area contributed by atoms with Crippen LogP contribution in [0.15, 0.2) is 34.9 Å². The van der Waals surface area contributed by atoms with E-state index < -0.39 is 0 Å². The first-order valence-corrected chi connectivity index (χ1v) is 7.28. The number of rotatable bonds is 2. The molecule has 2 N–H and O–H groups in total. The number of nitrogen functional groups attached to an aromatic ring is 1. The number of benzene rings is 1. The topological polar surface area (TPSA) is 48.1 Å². The van der Waals surface area contributed by atoms with Gasteiger partial charge in [0.05, 0.1) is 16.4 Å². The van der Waals surface area contributed by atoms with Crippen LogP contribution in [0, 0.1) is 6.92 Å². The molecule has 0 spiro atoms. The minimum Gasteiger partial charge on any atom is -0.438 e. The molecule has 20 heavy (non-hydrogen) atoms. The van der Waals surface area contributed by atoms with Gasteiger partial charge in [0.15, 0.2) is 0 Å². The number of halogens is 1. The number of hydrogen-bond donors (Lipinski definition) is 1. The Hall–Kier alpha value is -1.55. The Morgan fingerprint density at radius 1 is 1.20 bits per heavy atom. The largest absolute Gasteiger partial charge is 0.438 e. The normalized spacial score (nSPS) is 11.4. The van der Waals surface area contributed by atoms with E-state index in [9.17, 15) is 0 Å². The molecular formula is C16H19BrN2O. The Morgan fingerprint density at radius 3 is 2.50 bits per heavy atom. The second-order valence-electron chi connectivity index (χ2n) is 5.81. The van der Waals surface area contributed by atoms with Gasteiger partial charge in [0.1, 0.15) is 5.75 Å². The van der Waals surface area contributed by atoms with Crippen LogP contribution in [0.3, 0.4) is 0 Å². The molecule has 0 aliphatic heterocycles. The van der Waals surface area contributed by atoms with Gasteiger partial charge in [0, 0.05) is 5.56 Å². The summed E-state index contributed by atoms with van der Waals surface area (Å²) in [5, 5.41) is 0. The van der Waals surface area contributed by atoms with Crippen molar-refractivity contribution in [2.75, 3.05) is 5.73 Å². The van der Waals surface area contributed by atoms with E-state index in [4.69, 9.17) is 10.5 Å². The van der Waals surface area contributed by atoms with Crippen LogP contribution in [-0.4, -0.2) is 4.98 Å². The Labute approximate surface area is 128 Å². The summed E-state index contributed by atoms with van der Waals surface area (Å²) >= 11 is 3.50. The summed E-state index contributed by atoms with van der Waals surface area (Å²) in [7, 11) is 0. The quantitative estimate of drug-likeness (QED) is 0.855. The number of nitrogens with zero attached hydrogens (tertiary/aromatic N) is 1. The molecule has 1 aromatic carbocycles. The maximum atomic E-state index is 5.99. The first kappa shape index (κ1) is 14.9. The Balaban J connectivity index is 2.44. The van der Waals surface area contributed by atoms with Gasteiger partial charge in [-0.1, -0.05) is 39.0 Å². The van der Waals surface area contributed by atoms with Crippen molar-refractivity contribution in [1.82, 2.24) is 4.98 Å². The third kappa shape index (κ3) is 2.96. The van der Waals surface area contributed by atoms with Gasteiger partial charge in [-0.25, -0.2) is 4.98 Å². The molecule has 0 saturated carbocycles. The highest BCUT2D eigenvalue weighted by molar-refractivity contribution is 9.10. The van der Waals surface area contributed by atoms with Gasteiger partial charge < -0.3 is 10.5 Å². The van der Waals surface area contributed by atoms with Crippen molar-refractivity contribution in [2.45, 2.75) is 33.1 Å². The molecule has 4 heteroatoms. The van der Waals surface area contributed by atoms with Crippen LogP contribution in [0.1, 0.15) is 31.9 Å². The van der Waals surface area contributed by atoms with Crippen LogP contribution in [0.25, 0.3) is 0 Å². The van der Waals surface area contributed by atoms with E-state index in [1.807, 2.05) is 25.1 Å². The monoisotopic (exact) mass is 334 g/mol. The molecule has 0 fully saturated rings. The lowest BCUT2D eigenvalue weighted by Gasteiger charge is -2.22. The highest BCUT2D eigenvalue weighted by Gasteiger charge is 2.20. The maximum Gasteiger partial charge on any atom is 0.234 e. The Morgan fingerprint density at radius 2 is 1.85 bits per heavy atom. The molecular weight excluding hydrogens is 316 g/mol. The van der Waals surface area contributed by atoms with Crippen LogP contribution in [0.2, 0.25) is 0 Å². The number of nitrogens with two attached hydrogens (primary N) is 1. The number of aromatic nitrogens is 1. The van der Waals surface area contributed by atoms with Gasteiger partial charge in [0.25, 0.3) is 0 Å².